The minimum atomic E-state index is -4.81. The Labute approximate surface area is 181 Å². The topological polar surface area (TPSA) is 114 Å². The van der Waals surface area contributed by atoms with Crippen LogP contribution in [0.25, 0.3) is 0 Å². The summed E-state index contributed by atoms with van der Waals surface area (Å²) in [7, 11) is 0. The fourth-order valence-corrected chi connectivity index (χ4v) is 4.80. The third-order valence-corrected chi connectivity index (χ3v) is 6.39. The van der Waals surface area contributed by atoms with Crippen LogP contribution in [-0.2, 0) is 21.4 Å². The fourth-order valence-electron chi connectivity index (χ4n) is 4.80. The molecule has 0 saturated carbocycles. The van der Waals surface area contributed by atoms with Crippen molar-refractivity contribution in [3.8, 4) is 18.2 Å². The number of hydrogen-bond acceptors (Lipinski definition) is 6. The second-order valence-corrected chi connectivity index (χ2v) is 7.72. The SMILES string of the molecule is CC1C2(c3ccccc3)OC(=N)C1(C#N)C(C#N)(C#N)C(c1ccccc1C(F)(F)F)O2. The van der Waals surface area contributed by atoms with Gasteiger partial charge >= 0.3 is 6.18 Å². The highest BCUT2D eigenvalue weighted by atomic mass is 19.4. The van der Waals surface area contributed by atoms with Gasteiger partial charge in [0.1, 0.15) is 6.10 Å². The van der Waals surface area contributed by atoms with Gasteiger partial charge in [-0.15, -0.1) is 0 Å². The molecular weight excluding hydrogens is 421 g/mol. The first-order valence-corrected chi connectivity index (χ1v) is 9.56. The summed E-state index contributed by atoms with van der Waals surface area (Å²) in [5.41, 5.74) is -5.87. The molecule has 2 aromatic rings. The summed E-state index contributed by atoms with van der Waals surface area (Å²) in [4.78, 5) is 0. The van der Waals surface area contributed by atoms with Crippen molar-refractivity contribution in [2.24, 2.45) is 16.7 Å². The maximum Gasteiger partial charge on any atom is 0.416 e. The molecule has 4 unspecified atom stereocenters. The molecule has 0 spiro atoms. The van der Waals surface area contributed by atoms with Gasteiger partial charge in [0.2, 0.25) is 17.1 Å². The van der Waals surface area contributed by atoms with Gasteiger partial charge in [-0.2, -0.15) is 29.0 Å². The van der Waals surface area contributed by atoms with Crippen molar-refractivity contribution in [2.45, 2.75) is 25.0 Å². The van der Waals surface area contributed by atoms with Crippen molar-refractivity contribution in [3.63, 3.8) is 0 Å². The largest absolute Gasteiger partial charge is 0.443 e. The second kappa shape index (κ2) is 6.82. The summed E-state index contributed by atoms with van der Waals surface area (Å²) in [5, 5.41) is 39.0. The standard InChI is InChI=1S/C23H15F3N4O2/c1-14-21(13-29)19(30)32-22(14,15-7-3-2-4-8-15)31-18(20(21,11-27)12-28)16-9-5-6-10-17(16)23(24,25)26/h2-10,14,18,30H,1H3. The molecule has 160 valence electrons. The summed E-state index contributed by atoms with van der Waals surface area (Å²) in [6, 6.07) is 18.0. The number of hydrogen-bond donors (Lipinski definition) is 1. The minimum absolute atomic E-state index is 0.355. The Morgan fingerprint density at radius 3 is 2.09 bits per heavy atom. The summed E-state index contributed by atoms with van der Waals surface area (Å²) in [5.74, 6) is -3.58. The van der Waals surface area contributed by atoms with E-state index < -0.39 is 51.8 Å². The van der Waals surface area contributed by atoms with Gasteiger partial charge in [0, 0.05) is 5.56 Å². The predicted molar refractivity (Wildman–Crippen MR) is 103 cm³/mol. The quantitative estimate of drug-likeness (QED) is 0.725. The number of alkyl halides is 3. The van der Waals surface area contributed by atoms with E-state index in [4.69, 9.17) is 14.9 Å². The highest BCUT2D eigenvalue weighted by molar-refractivity contribution is 5.89. The van der Waals surface area contributed by atoms with Crippen LogP contribution in [0.4, 0.5) is 13.2 Å². The van der Waals surface area contributed by atoms with E-state index in [1.807, 2.05) is 6.07 Å². The number of halogens is 3. The number of nitriles is 3. The van der Waals surface area contributed by atoms with Crippen LogP contribution in [0.3, 0.4) is 0 Å². The highest BCUT2D eigenvalue weighted by Gasteiger charge is 2.80. The van der Waals surface area contributed by atoms with Gasteiger partial charge in [-0.25, -0.2) is 0 Å². The lowest BCUT2D eigenvalue weighted by Crippen LogP contribution is -2.57. The number of nitrogens with one attached hydrogen (secondary N) is 1. The number of benzene rings is 2. The average Bonchev–Trinajstić information content (AvgIpc) is 2.95. The van der Waals surface area contributed by atoms with E-state index in [-0.39, 0.29) is 0 Å². The Morgan fingerprint density at radius 1 is 0.938 bits per heavy atom. The molecule has 6 nitrogen and oxygen atoms in total. The van der Waals surface area contributed by atoms with E-state index in [1.165, 1.54) is 19.1 Å². The first-order chi connectivity index (χ1) is 15.1. The van der Waals surface area contributed by atoms with E-state index in [0.29, 0.717) is 5.56 Å². The zero-order valence-corrected chi connectivity index (χ0v) is 16.6. The van der Waals surface area contributed by atoms with Gasteiger partial charge < -0.3 is 9.47 Å². The van der Waals surface area contributed by atoms with Gasteiger partial charge in [-0.1, -0.05) is 55.5 Å². The van der Waals surface area contributed by atoms with Crippen LogP contribution in [0.5, 0.6) is 0 Å². The van der Waals surface area contributed by atoms with Crippen LogP contribution < -0.4 is 0 Å². The average molecular weight is 436 g/mol. The molecule has 0 amide bonds. The van der Waals surface area contributed by atoms with Crippen molar-refractivity contribution in [1.29, 1.82) is 21.2 Å². The van der Waals surface area contributed by atoms with E-state index >= 15 is 0 Å². The Kier molecular flexibility index (Phi) is 4.55. The monoisotopic (exact) mass is 436 g/mol. The van der Waals surface area contributed by atoms with Crippen molar-refractivity contribution < 1.29 is 22.6 Å². The molecule has 32 heavy (non-hydrogen) atoms. The Balaban J connectivity index is 2.09. The molecule has 4 atom stereocenters. The Hall–Kier alpha value is -3.87. The van der Waals surface area contributed by atoms with Gasteiger partial charge in [0.05, 0.1) is 29.7 Å². The smallest absolute Gasteiger partial charge is 0.416 e. The molecule has 0 radical (unpaired) electrons. The van der Waals surface area contributed by atoms with Gasteiger partial charge in [-0.05, 0) is 11.6 Å². The Bertz CT molecular complexity index is 1210. The number of fused-ring (bicyclic) bond motifs is 2. The van der Waals surface area contributed by atoms with Crippen molar-refractivity contribution >= 4 is 5.90 Å². The highest BCUT2D eigenvalue weighted by Crippen LogP contribution is 2.69. The summed E-state index contributed by atoms with van der Waals surface area (Å²) >= 11 is 0. The maximum absolute atomic E-state index is 13.9. The third-order valence-electron chi connectivity index (χ3n) is 6.39. The minimum Gasteiger partial charge on any atom is -0.443 e. The van der Waals surface area contributed by atoms with Crippen LogP contribution in [-0.4, -0.2) is 5.90 Å². The summed E-state index contributed by atoms with van der Waals surface area (Å²) in [6.07, 6.45) is -6.64. The molecule has 9 heteroatoms. The summed E-state index contributed by atoms with van der Waals surface area (Å²) in [6.45, 7) is 1.49. The molecular formula is C23H15F3N4O2. The fraction of sp³-hybridized carbons (Fsp3) is 0.304. The van der Waals surface area contributed by atoms with Gasteiger partial charge in [0.25, 0.3) is 0 Å². The molecule has 2 bridgehead atoms. The van der Waals surface area contributed by atoms with E-state index in [2.05, 4.69) is 0 Å². The number of rotatable bonds is 2. The van der Waals surface area contributed by atoms with Crippen LogP contribution in [0.2, 0.25) is 0 Å². The van der Waals surface area contributed by atoms with Crippen LogP contribution >= 0.6 is 0 Å². The molecule has 4 rings (SSSR count). The van der Waals surface area contributed by atoms with Gasteiger partial charge in [0.15, 0.2) is 5.41 Å². The first kappa shape index (κ1) is 21.4. The first-order valence-electron chi connectivity index (χ1n) is 9.56. The summed E-state index contributed by atoms with van der Waals surface area (Å²) < 4.78 is 53.5. The zero-order valence-electron chi connectivity index (χ0n) is 16.6. The molecule has 2 aliphatic rings. The normalized spacial score (nSPS) is 30.5. The Morgan fingerprint density at radius 2 is 1.53 bits per heavy atom. The van der Waals surface area contributed by atoms with Crippen LogP contribution in [0, 0.1) is 56.2 Å². The van der Waals surface area contributed by atoms with Crippen molar-refractivity contribution in [3.05, 3.63) is 71.3 Å². The number of ether oxygens (including phenoxy) is 2. The third kappa shape index (κ3) is 2.39. The predicted octanol–water partition coefficient (Wildman–Crippen LogP) is 4.82. The zero-order chi connectivity index (χ0) is 23.4. The molecule has 0 aromatic heterocycles. The molecule has 2 aliphatic heterocycles. The van der Waals surface area contributed by atoms with Crippen molar-refractivity contribution in [1.82, 2.24) is 0 Å². The van der Waals surface area contributed by atoms with Gasteiger partial charge in [-0.3, -0.25) is 5.41 Å². The lowest BCUT2D eigenvalue weighted by molar-refractivity contribution is -0.289. The molecule has 0 aliphatic carbocycles. The van der Waals surface area contributed by atoms with Crippen molar-refractivity contribution in [2.75, 3.05) is 0 Å². The molecule has 2 saturated heterocycles. The maximum atomic E-state index is 13.9. The van der Waals surface area contributed by atoms with E-state index in [1.54, 1.807) is 42.5 Å². The lowest BCUT2D eigenvalue weighted by Gasteiger charge is -2.49. The molecule has 2 aromatic carbocycles. The molecule has 2 heterocycles. The molecule has 1 N–H and O–H groups in total. The van der Waals surface area contributed by atoms with Crippen LogP contribution in [0.15, 0.2) is 54.6 Å². The lowest BCUT2D eigenvalue weighted by atomic mass is 9.53. The van der Waals surface area contributed by atoms with E-state index in [0.717, 1.165) is 12.1 Å². The van der Waals surface area contributed by atoms with Crippen LogP contribution in [0.1, 0.15) is 29.7 Å². The van der Waals surface area contributed by atoms with E-state index in [9.17, 15) is 29.0 Å². The second-order valence-electron chi connectivity index (χ2n) is 7.72. The molecule has 2 fully saturated rings. The number of nitrogens with zero attached hydrogens (tertiary/aromatic N) is 3.